The Labute approximate surface area is 111 Å². The molecule has 0 amide bonds. The molecule has 1 unspecified atom stereocenters. The highest BCUT2D eigenvalue weighted by atomic mass is 16.5. The van der Waals surface area contributed by atoms with Crippen molar-refractivity contribution in [2.75, 3.05) is 47.5 Å². The van der Waals surface area contributed by atoms with E-state index in [0.29, 0.717) is 0 Å². The van der Waals surface area contributed by atoms with Crippen molar-refractivity contribution < 1.29 is 14.3 Å². The van der Waals surface area contributed by atoms with Crippen LogP contribution in [0.5, 0.6) is 0 Å². The third-order valence-electron chi connectivity index (χ3n) is 3.40. The van der Waals surface area contributed by atoms with Crippen LogP contribution in [0.15, 0.2) is 0 Å². The monoisotopic (exact) mass is 260 g/mol. The lowest BCUT2D eigenvalue weighted by Crippen LogP contribution is -2.48. The van der Waals surface area contributed by atoms with Crippen molar-refractivity contribution in [2.24, 2.45) is 0 Å². The third kappa shape index (κ3) is 5.80. The first-order valence-electron chi connectivity index (χ1n) is 6.52. The van der Waals surface area contributed by atoms with Crippen molar-refractivity contribution >= 4 is 5.97 Å². The smallest absolute Gasteiger partial charge is 0.325 e. The van der Waals surface area contributed by atoms with Gasteiger partial charge in [0.15, 0.2) is 0 Å². The fraction of sp³-hybridized carbons (Fsp3) is 0.923. The molecule has 0 aliphatic heterocycles. The summed E-state index contributed by atoms with van der Waals surface area (Å²) in [5.74, 6) is -0.204. The van der Waals surface area contributed by atoms with E-state index < -0.39 is 5.54 Å². The molecule has 0 aromatic carbocycles. The Morgan fingerprint density at radius 2 is 2.00 bits per heavy atom. The highest BCUT2D eigenvalue weighted by Crippen LogP contribution is 2.14. The van der Waals surface area contributed by atoms with Crippen molar-refractivity contribution in [1.29, 1.82) is 0 Å². The molecule has 5 heteroatoms. The summed E-state index contributed by atoms with van der Waals surface area (Å²) in [6, 6.07) is 0. The summed E-state index contributed by atoms with van der Waals surface area (Å²) >= 11 is 0. The molecule has 1 atom stereocenters. The van der Waals surface area contributed by atoms with Gasteiger partial charge in [0.2, 0.25) is 0 Å². The van der Waals surface area contributed by atoms with Crippen molar-refractivity contribution in [3.05, 3.63) is 0 Å². The number of esters is 1. The first-order valence-corrected chi connectivity index (χ1v) is 6.52. The van der Waals surface area contributed by atoms with Gasteiger partial charge >= 0.3 is 5.97 Å². The molecule has 0 saturated carbocycles. The number of nitrogens with zero attached hydrogens (tertiary/aromatic N) is 1. The lowest BCUT2D eigenvalue weighted by molar-refractivity contribution is -0.148. The molecule has 0 heterocycles. The van der Waals surface area contributed by atoms with Gasteiger partial charge in [0.25, 0.3) is 0 Å². The van der Waals surface area contributed by atoms with Gasteiger partial charge in [0.05, 0.1) is 13.7 Å². The van der Waals surface area contributed by atoms with Gasteiger partial charge in [-0.25, -0.2) is 0 Å². The maximum Gasteiger partial charge on any atom is 0.325 e. The number of likely N-dealkylation sites (N-methyl/N-ethyl adjacent to an activating group) is 2. The molecule has 0 saturated heterocycles. The Morgan fingerprint density at radius 1 is 1.33 bits per heavy atom. The minimum atomic E-state index is -0.588. The highest BCUT2D eigenvalue weighted by molar-refractivity contribution is 5.80. The first kappa shape index (κ1) is 17.4. The number of carbonyl (C=O) groups excluding carboxylic acids is 1. The summed E-state index contributed by atoms with van der Waals surface area (Å²) in [6.07, 6.45) is 1.71. The second kappa shape index (κ2) is 9.30. The maximum atomic E-state index is 11.7. The Kier molecular flexibility index (Phi) is 8.97. The van der Waals surface area contributed by atoms with E-state index in [1.807, 2.05) is 6.92 Å². The van der Waals surface area contributed by atoms with Gasteiger partial charge in [-0.05, 0) is 39.9 Å². The number of carbonyl (C=O) groups is 1. The van der Waals surface area contributed by atoms with Gasteiger partial charge < -0.3 is 19.7 Å². The van der Waals surface area contributed by atoms with Gasteiger partial charge in [-0.15, -0.1) is 0 Å². The zero-order valence-corrected chi connectivity index (χ0v) is 12.4. The van der Waals surface area contributed by atoms with Gasteiger partial charge in [0, 0.05) is 13.7 Å². The quantitative estimate of drug-likeness (QED) is 0.591. The Hall–Kier alpha value is -0.650. The molecular formula is C13H28N2O3. The first-order chi connectivity index (χ1) is 8.53. The van der Waals surface area contributed by atoms with Crippen LogP contribution >= 0.6 is 0 Å². The summed E-state index contributed by atoms with van der Waals surface area (Å²) in [7, 11) is 4.93. The van der Waals surface area contributed by atoms with Crippen LogP contribution in [0.3, 0.4) is 0 Å². The van der Waals surface area contributed by atoms with E-state index in [1.54, 1.807) is 14.2 Å². The van der Waals surface area contributed by atoms with Crippen LogP contribution in [-0.2, 0) is 14.3 Å². The van der Waals surface area contributed by atoms with E-state index in [2.05, 4.69) is 17.1 Å². The molecule has 0 fully saturated rings. The number of rotatable bonds is 10. The van der Waals surface area contributed by atoms with Crippen molar-refractivity contribution in [1.82, 2.24) is 10.2 Å². The predicted octanol–water partition coefficient (Wildman–Crippen LogP) is 0.886. The second-order valence-corrected chi connectivity index (χ2v) is 4.60. The van der Waals surface area contributed by atoms with Crippen molar-refractivity contribution in [3.63, 3.8) is 0 Å². The minimum absolute atomic E-state index is 0.204. The molecule has 108 valence electrons. The van der Waals surface area contributed by atoms with E-state index in [4.69, 9.17) is 9.47 Å². The summed E-state index contributed by atoms with van der Waals surface area (Å²) in [5, 5.41) is 3.05. The Balaban J connectivity index is 4.09. The molecule has 0 aromatic rings. The van der Waals surface area contributed by atoms with Crippen LogP contribution in [0.1, 0.15) is 26.7 Å². The molecule has 0 rings (SSSR count). The standard InChI is InChI=1S/C13H28N2O3/c1-6-15(10-11-17-4)9-7-8-13(2,14-3)12(16)18-5/h14H,6-11H2,1-5H3. The molecule has 0 aliphatic carbocycles. The minimum Gasteiger partial charge on any atom is -0.468 e. The molecule has 0 aromatic heterocycles. The molecule has 0 radical (unpaired) electrons. The number of hydrogen-bond donors (Lipinski definition) is 1. The van der Waals surface area contributed by atoms with E-state index >= 15 is 0 Å². The SMILES string of the molecule is CCN(CCCC(C)(NC)C(=O)OC)CCOC. The van der Waals surface area contributed by atoms with Gasteiger partial charge in [-0.1, -0.05) is 6.92 Å². The summed E-state index contributed by atoms with van der Waals surface area (Å²) in [6.45, 7) is 7.65. The summed E-state index contributed by atoms with van der Waals surface area (Å²) < 4.78 is 9.89. The predicted molar refractivity (Wildman–Crippen MR) is 72.7 cm³/mol. The van der Waals surface area contributed by atoms with Crippen LogP contribution in [0, 0.1) is 0 Å². The third-order valence-corrected chi connectivity index (χ3v) is 3.40. The molecule has 18 heavy (non-hydrogen) atoms. The van der Waals surface area contributed by atoms with Crippen molar-refractivity contribution in [3.8, 4) is 0 Å². The molecular weight excluding hydrogens is 232 g/mol. The van der Waals surface area contributed by atoms with Crippen LogP contribution < -0.4 is 5.32 Å². The highest BCUT2D eigenvalue weighted by Gasteiger charge is 2.31. The molecule has 5 nitrogen and oxygen atoms in total. The molecule has 0 spiro atoms. The van der Waals surface area contributed by atoms with E-state index in [-0.39, 0.29) is 5.97 Å². The maximum absolute atomic E-state index is 11.7. The lowest BCUT2D eigenvalue weighted by Gasteiger charge is -2.27. The van der Waals surface area contributed by atoms with E-state index in [1.165, 1.54) is 7.11 Å². The Morgan fingerprint density at radius 3 is 2.44 bits per heavy atom. The van der Waals surface area contributed by atoms with Crippen molar-refractivity contribution in [2.45, 2.75) is 32.2 Å². The van der Waals surface area contributed by atoms with Crippen LogP contribution in [0.25, 0.3) is 0 Å². The summed E-state index contributed by atoms with van der Waals surface area (Å²) in [5.41, 5.74) is -0.588. The fourth-order valence-corrected chi connectivity index (χ4v) is 1.86. The number of ether oxygens (including phenoxy) is 2. The molecule has 0 aliphatic rings. The molecule has 0 bridgehead atoms. The summed E-state index contributed by atoms with van der Waals surface area (Å²) in [4.78, 5) is 14.0. The van der Waals surface area contributed by atoms with Crippen LogP contribution in [0.4, 0.5) is 0 Å². The average Bonchev–Trinajstić information content (AvgIpc) is 2.41. The topological polar surface area (TPSA) is 50.8 Å². The zero-order chi connectivity index (χ0) is 14.0. The van der Waals surface area contributed by atoms with Gasteiger partial charge in [0.1, 0.15) is 5.54 Å². The zero-order valence-electron chi connectivity index (χ0n) is 12.4. The number of hydrogen-bond acceptors (Lipinski definition) is 5. The second-order valence-electron chi connectivity index (χ2n) is 4.60. The van der Waals surface area contributed by atoms with Crippen LogP contribution in [0.2, 0.25) is 0 Å². The largest absolute Gasteiger partial charge is 0.468 e. The van der Waals surface area contributed by atoms with E-state index in [0.717, 1.165) is 39.1 Å². The number of nitrogens with one attached hydrogen (secondary N) is 1. The lowest BCUT2D eigenvalue weighted by atomic mass is 9.96. The van der Waals surface area contributed by atoms with Crippen LogP contribution in [-0.4, -0.2) is 63.9 Å². The van der Waals surface area contributed by atoms with E-state index in [9.17, 15) is 4.79 Å². The average molecular weight is 260 g/mol. The molecule has 1 N–H and O–H groups in total. The normalized spacial score (nSPS) is 14.6. The number of methoxy groups -OCH3 is 2. The Bertz CT molecular complexity index is 236. The van der Waals surface area contributed by atoms with Gasteiger partial charge in [-0.2, -0.15) is 0 Å². The van der Waals surface area contributed by atoms with Gasteiger partial charge in [-0.3, -0.25) is 4.79 Å². The fourth-order valence-electron chi connectivity index (χ4n) is 1.86.